The van der Waals surface area contributed by atoms with E-state index in [2.05, 4.69) is 25.3 Å². The van der Waals surface area contributed by atoms with Gasteiger partial charge in [-0.25, -0.2) is 33.5 Å². The average Bonchev–Trinajstić information content (AvgIpc) is 3.39. The number of fused-ring (bicyclic) bond motifs is 1. The molecule has 0 fully saturated rings. The molecule has 0 spiro atoms. The summed E-state index contributed by atoms with van der Waals surface area (Å²) in [5.41, 5.74) is 9.13. The quantitative estimate of drug-likeness (QED) is 0.201. The first-order valence-electron chi connectivity index (χ1n) is 11.9. The topological polar surface area (TPSA) is 152 Å². The number of nitrogens with two attached hydrogens (primary N) is 1. The number of aromatic nitrogens is 5. The number of pyridine rings is 1. The molecule has 0 aliphatic heterocycles. The van der Waals surface area contributed by atoms with Crippen molar-refractivity contribution in [2.45, 2.75) is 13.0 Å². The molecule has 5 rings (SSSR count). The molecule has 39 heavy (non-hydrogen) atoms. The normalized spacial score (nSPS) is 11.2. The molecule has 0 amide bonds. The number of imidazole rings is 1. The second kappa shape index (κ2) is 11.2. The first kappa shape index (κ1) is 25.7. The number of alkyl halides is 2. The number of anilines is 1. The molecule has 0 radical (unpaired) electrons. The van der Waals surface area contributed by atoms with Gasteiger partial charge in [0.25, 0.3) is 6.43 Å². The van der Waals surface area contributed by atoms with Gasteiger partial charge in [-0.15, -0.1) is 0 Å². The molecule has 2 aromatic carbocycles. The lowest BCUT2D eigenvalue weighted by molar-refractivity contribution is 0.0697. The Kier molecular flexibility index (Phi) is 7.37. The van der Waals surface area contributed by atoms with E-state index in [1.54, 1.807) is 30.3 Å². The number of carboxylic acid groups (broad SMARTS) is 1. The molecule has 0 saturated carbocycles. The molecule has 198 valence electrons. The van der Waals surface area contributed by atoms with Crippen LogP contribution in [0.2, 0.25) is 0 Å². The van der Waals surface area contributed by atoms with Crippen LogP contribution < -0.4 is 15.8 Å². The van der Waals surface area contributed by atoms with Gasteiger partial charge >= 0.3 is 5.97 Å². The predicted molar refractivity (Wildman–Crippen MR) is 141 cm³/mol. The average molecular weight is 532 g/mol. The van der Waals surface area contributed by atoms with E-state index in [4.69, 9.17) is 20.6 Å². The van der Waals surface area contributed by atoms with E-state index >= 15 is 0 Å². The maximum atomic E-state index is 13.4. The van der Waals surface area contributed by atoms with Crippen molar-refractivity contribution in [3.8, 4) is 28.5 Å². The number of carboxylic acids is 1. The summed E-state index contributed by atoms with van der Waals surface area (Å²) >= 11 is 0. The fourth-order valence-corrected chi connectivity index (χ4v) is 3.90. The number of aromatic carboxylic acids is 1. The zero-order chi connectivity index (χ0) is 27.4. The lowest BCUT2D eigenvalue weighted by atomic mass is 10.1. The summed E-state index contributed by atoms with van der Waals surface area (Å²) in [6.45, 7) is 0.880. The summed E-state index contributed by atoms with van der Waals surface area (Å²) in [6, 6.07) is 16.1. The van der Waals surface area contributed by atoms with Gasteiger partial charge in [-0.05, 0) is 48.5 Å². The molecule has 0 unspecified atom stereocenters. The second-order valence-electron chi connectivity index (χ2n) is 8.44. The molecular formula is C27H23F2N7O3. The van der Waals surface area contributed by atoms with Crippen molar-refractivity contribution < 1.29 is 23.4 Å². The number of nitrogens with zero attached hydrogens (tertiary/aromatic N) is 4. The zero-order valence-electron chi connectivity index (χ0n) is 20.4. The molecular weight excluding hydrogens is 508 g/mol. The number of nitrogens with one attached hydrogen (secondary N) is 2. The maximum Gasteiger partial charge on any atom is 0.335 e. The Morgan fingerprint density at radius 2 is 1.87 bits per heavy atom. The highest BCUT2D eigenvalue weighted by Crippen LogP contribution is 2.32. The lowest BCUT2D eigenvalue weighted by Gasteiger charge is -2.07. The minimum atomic E-state index is -2.73. The van der Waals surface area contributed by atoms with Gasteiger partial charge in [0.15, 0.2) is 0 Å². The fraction of sp³-hybridized carbons (Fsp3) is 0.148. The SMILES string of the molecule is NCCOc1cnc2ccc(-c3nc(CNc4ccc(C(=O)O)cc4)[nH]c3-c3cccc(C(F)F)n3)cc2n1. The molecule has 5 N–H and O–H groups in total. The molecule has 3 aromatic heterocycles. The van der Waals surface area contributed by atoms with Crippen LogP contribution in [-0.4, -0.2) is 49.1 Å². The van der Waals surface area contributed by atoms with Gasteiger partial charge in [0.1, 0.15) is 18.1 Å². The van der Waals surface area contributed by atoms with Gasteiger partial charge in [0.05, 0.1) is 46.4 Å². The first-order valence-corrected chi connectivity index (χ1v) is 11.9. The number of aromatic amines is 1. The summed E-state index contributed by atoms with van der Waals surface area (Å²) in [5.74, 6) is -0.172. The highest BCUT2D eigenvalue weighted by molar-refractivity contribution is 5.88. The Morgan fingerprint density at radius 1 is 1.05 bits per heavy atom. The highest BCUT2D eigenvalue weighted by Gasteiger charge is 2.18. The number of carbonyl (C=O) groups is 1. The molecule has 5 aromatic rings. The Labute approximate surface area is 220 Å². The van der Waals surface area contributed by atoms with Crippen molar-refractivity contribution in [1.82, 2.24) is 24.9 Å². The predicted octanol–water partition coefficient (Wildman–Crippen LogP) is 4.67. The number of hydrogen-bond donors (Lipinski definition) is 4. The number of benzene rings is 2. The third-order valence-electron chi connectivity index (χ3n) is 5.76. The van der Waals surface area contributed by atoms with Gasteiger partial charge in [-0.3, -0.25) is 0 Å². The first-order chi connectivity index (χ1) is 18.9. The van der Waals surface area contributed by atoms with Gasteiger partial charge in [0, 0.05) is 17.8 Å². The van der Waals surface area contributed by atoms with Crippen molar-refractivity contribution in [3.63, 3.8) is 0 Å². The van der Waals surface area contributed by atoms with E-state index in [0.29, 0.717) is 64.2 Å². The number of rotatable bonds is 10. The van der Waals surface area contributed by atoms with Crippen LogP contribution in [-0.2, 0) is 6.54 Å². The Hall–Kier alpha value is -4.97. The smallest absolute Gasteiger partial charge is 0.335 e. The lowest BCUT2D eigenvalue weighted by Crippen LogP contribution is -2.11. The third kappa shape index (κ3) is 5.80. The van der Waals surface area contributed by atoms with E-state index in [-0.39, 0.29) is 17.8 Å². The minimum Gasteiger partial charge on any atom is -0.478 e. The van der Waals surface area contributed by atoms with Gasteiger partial charge < -0.3 is 25.9 Å². The molecule has 10 nitrogen and oxygen atoms in total. The molecule has 12 heteroatoms. The van der Waals surface area contributed by atoms with Crippen molar-refractivity contribution >= 4 is 22.7 Å². The van der Waals surface area contributed by atoms with Crippen LogP contribution >= 0.6 is 0 Å². The van der Waals surface area contributed by atoms with Gasteiger partial charge in [0.2, 0.25) is 5.88 Å². The van der Waals surface area contributed by atoms with Gasteiger partial charge in [-0.2, -0.15) is 0 Å². The van der Waals surface area contributed by atoms with Crippen LogP contribution in [0.1, 0.15) is 28.3 Å². The summed E-state index contributed by atoms with van der Waals surface area (Å²) < 4.78 is 32.3. The van der Waals surface area contributed by atoms with Crippen molar-refractivity contribution in [1.29, 1.82) is 0 Å². The number of hydrogen-bond acceptors (Lipinski definition) is 8. The zero-order valence-corrected chi connectivity index (χ0v) is 20.4. The van der Waals surface area contributed by atoms with Crippen LogP contribution in [0.3, 0.4) is 0 Å². The maximum absolute atomic E-state index is 13.4. The summed E-state index contributed by atoms with van der Waals surface area (Å²) in [4.78, 5) is 32.0. The molecule has 0 aliphatic carbocycles. The number of H-pyrrole nitrogens is 1. The van der Waals surface area contributed by atoms with Gasteiger partial charge in [-0.1, -0.05) is 12.1 Å². The molecule has 0 aliphatic rings. The largest absolute Gasteiger partial charge is 0.478 e. The summed E-state index contributed by atoms with van der Waals surface area (Å²) in [5, 5.41) is 12.3. The van der Waals surface area contributed by atoms with Crippen LogP contribution in [0.5, 0.6) is 5.88 Å². The molecule has 3 heterocycles. The monoisotopic (exact) mass is 531 g/mol. The highest BCUT2D eigenvalue weighted by atomic mass is 19.3. The molecule has 0 bridgehead atoms. The standard InChI is InChI=1S/C27H23F2N7O3/c28-26(29)20-3-1-2-19(33-20)25-24(16-6-9-18-21(12-16)34-23(14-32-18)39-11-10-30)35-22(36-25)13-31-17-7-4-15(5-8-17)27(37)38/h1-9,12,14,26,31H,10-11,13,30H2,(H,35,36)(H,37,38). The van der Waals surface area contributed by atoms with Crippen LogP contribution in [0.4, 0.5) is 14.5 Å². The van der Waals surface area contributed by atoms with E-state index in [0.717, 1.165) is 0 Å². The Balaban J connectivity index is 1.52. The molecule has 0 atom stereocenters. The van der Waals surface area contributed by atoms with E-state index in [1.165, 1.54) is 30.5 Å². The number of halogens is 2. The van der Waals surface area contributed by atoms with Crippen LogP contribution in [0.15, 0.2) is 66.9 Å². The van der Waals surface area contributed by atoms with Crippen molar-refractivity contribution in [2.75, 3.05) is 18.5 Å². The number of ether oxygens (including phenoxy) is 1. The molecule has 0 saturated heterocycles. The van der Waals surface area contributed by atoms with Crippen LogP contribution in [0.25, 0.3) is 33.7 Å². The summed E-state index contributed by atoms with van der Waals surface area (Å²) in [6.07, 6.45) is -1.21. The van der Waals surface area contributed by atoms with Crippen molar-refractivity contribution in [3.05, 3.63) is 83.9 Å². The van der Waals surface area contributed by atoms with E-state index < -0.39 is 12.4 Å². The van der Waals surface area contributed by atoms with Crippen LogP contribution in [0, 0.1) is 0 Å². The van der Waals surface area contributed by atoms with E-state index in [1.807, 2.05) is 6.07 Å². The minimum absolute atomic E-state index is 0.170. The Morgan fingerprint density at radius 3 is 2.62 bits per heavy atom. The van der Waals surface area contributed by atoms with E-state index in [9.17, 15) is 13.6 Å². The second-order valence-corrected chi connectivity index (χ2v) is 8.44. The van der Waals surface area contributed by atoms with Crippen molar-refractivity contribution in [2.24, 2.45) is 5.73 Å². The fourth-order valence-electron chi connectivity index (χ4n) is 3.90. The summed E-state index contributed by atoms with van der Waals surface area (Å²) in [7, 11) is 0. The third-order valence-corrected chi connectivity index (χ3v) is 5.76. The Bertz CT molecular complexity index is 1620.